The Morgan fingerprint density at radius 2 is 1.65 bits per heavy atom. The molecule has 0 aromatic carbocycles. The average Bonchev–Trinajstić information content (AvgIpc) is 2.40. The number of hydrogen-bond donors (Lipinski definition) is 2. The topological polar surface area (TPSA) is 32.3 Å². The summed E-state index contributed by atoms with van der Waals surface area (Å²) in [7, 11) is 0. The highest BCUT2D eigenvalue weighted by molar-refractivity contribution is 4.89. The second-order valence-corrected chi connectivity index (χ2v) is 7.26. The predicted molar refractivity (Wildman–Crippen MR) is 72.0 cm³/mol. The molecule has 2 rings (SSSR count). The lowest BCUT2D eigenvalue weighted by molar-refractivity contribution is 0.0566. The molecule has 0 spiro atoms. The van der Waals surface area contributed by atoms with Crippen LogP contribution in [-0.2, 0) is 0 Å². The lowest BCUT2D eigenvalue weighted by Crippen LogP contribution is -2.48. The van der Waals surface area contributed by atoms with Crippen molar-refractivity contribution in [1.29, 1.82) is 0 Å². The number of aliphatic hydroxyl groups is 1. The summed E-state index contributed by atoms with van der Waals surface area (Å²) >= 11 is 0. The first-order valence-corrected chi connectivity index (χ1v) is 7.39. The number of aliphatic hydroxyl groups excluding tert-OH is 1. The third kappa shape index (κ3) is 3.69. The van der Waals surface area contributed by atoms with Gasteiger partial charge >= 0.3 is 0 Å². The molecule has 0 saturated heterocycles. The quantitative estimate of drug-likeness (QED) is 0.726. The van der Waals surface area contributed by atoms with Gasteiger partial charge in [0.25, 0.3) is 0 Å². The van der Waals surface area contributed by atoms with Gasteiger partial charge < -0.3 is 10.4 Å². The van der Waals surface area contributed by atoms with Crippen LogP contribution >= 0.6 is 0 Å². The van der Waals surface area contributed by atoms with Crippen LogP contribution in [0.25, 0.3) is 0 Å². The Labute approximate surface area is 106 Å². The van der Waals surface area contributed by atoms with Gasteiger partial charge in [0.05, 0.1) is 6.10 Å². The second-order valence-electron chi connectivity index (χ2n) is 7.26. The Balaban J connectivity index is 1.76. The van der Waals surface area contributed by atoms with Gasteiger partial charge in [-0.1, -0.05) is 27.2 Å². The zero-order valence-corrected chi connectivity index (χ0v) is 11.7. The molecule has 2 nitrogen and oxygen atoms in total. The normalized spacial score (nSPS) is 39.5. The third-order valence-corrected chi connectivity index (χ3v) is 4.78. The van der Waals surface area contributed by atoms with E-state index in [2.05, 4.69) is 26.1 Å². The lowest BCUT2D eigenvalue weighted by atomic mass is 9.76. The van der Waals surface area contributed by atoms with Crippen LogP contribution in [0.1, 0.15) is 65.7 Å². The van der Waals surface area contributed by atoms with E-state index in [-0.39, 0.29) is 6.10 Å². The minimum Gasteiger partial charge on any atom is -0.393 e. The van der Waals surface area contributed by atoms with Crippen molar-refractivity contribution in [3.63, 3.8) is 0 Å². The van der Waals surface area contributed by atoms with Crippen molar-refractivity contribution in [2.24, 2.45) is 11.3 Å². The van der Waals surface area contributed by atoms with Gasteiger partial charge in [-0.15, -0.1) is 0 Å². The molecule has 2 saturated carbocycles. The maximum absolute atomic E-state index is 9.31. The maximum atomic E-state index is 9.31. The molecule has 2 unspecified atom stereocenters. The fraction of sp³-hybridized carbons (Fsp3) is 1.00. The van der Waals surface area contributed by atoms with Gasteiger partial charge in [-0.3, -0.25) is 0 Å². The molecule has 0 aliphatic heterocycles. The monoisotopic (exact) mass is 239 g/mol. The van der Waals surface area contributed by atoms with Gasteiger partial charge in [-0.25, -0.2) is 0 Å². The molecular formula is C15H29NO. The summed E-state index contributed by atoms with van der Waals surface area (Å²) in [5.41, 5.74) is 0.474. The van der Waals surface area contributed by atoms with Crippen molar-refractivity contribution >= 4 is 0 Å². The second kappa shape index (κ2) is 5.27. The van der Waals surface area contributed by atoms with Crippen molar-refractivity contribution < 1.29 is 5.11 Å². The zero-order valence-electron chi connectivity index (χ0n) is 11.7. The van der Waals surface area contributed by atoms with E-state index in [1.54, 1.807) is 0 Å². The lowest BCUT2D eigenvalue weighted by Gasteiger charge is -2.35. The standard InChI is InChI=1S/C15H29NO/c1-15(2,3)11-5-4-6-12(8-7-11)16-13-9-14(17)10-13/h11-14,16-17H,4-10H2,1-3H3. The summed E-state index contributed by atoms with van der Waals surface area (Å²) in [6, 6.07) is 1.31. The van der Waals surface area contributed by atoms with Gasteiger partial charge in [-0.2, -0.15) is 0 Å². The molecule has 2 fully saturated rings. The van der Waals surface area contributed by atoms with Crippen LogP contribution in [0.5, 0.6) is 0 Å². The molecule has 17 heavy (non-hydrogen) atoms. The van der Waals surface area contributed by atoms with Gasteiger partial charge in [-0.05, 0) is 49.9 Å². The van der Waals surface area contributed by atoms with E-state index < -0.39 is 0 Å². The average molecular weight is 239 g/mol. The first-order valence-electron chi connectivity index (χ1n) is 7.39. The first-order chi connectivity index (χ1) is 7.95. The molecule has 2 N–H and O–H groups in total. The van der Waals surface area contributed by atoms with E-state index in [1.807, 2.05) is 0 Å². The van der Waals surface area contributed by atoms with Crippen LogP contribution < -0.4 is 5.32 Å². The molecule has 0 radical (unpaired) electrons. The largest absolute Gasteiger partial charge is 0.393 e. The van der Waals surface area contributed by atoms with E-state index in [0.29, 0.717) is 17.5 Å². The van der Waals surface area contributed by atoms with Crippen LogP contribution in [0.4, 0.5) is 0 Å². The van der Waals surface area contributed by atoms with Gasteiger partial charge in [0.1, 0.15) is 0 Å². The van der Waals surface area contributed by atoms with E-state index in [0.717, 1.165) is 18.8 Å². The minimum absolute atomic E-state index is 0.0272. The highest BCUT2D eigenvalue weighted by Gasteiger charge is 2.31. The van der Waals surface area contributed by atoms with E-state index in [1.165, 1.54) is 32.1 Å². The van der Waals surface area contributed by atoms with Gasteiger partial charge in [0.15, 0.2) is 0 Å². The molecule has 100 valence electrons. The van der Waals surface area contributed by atoms with Crippen LogP contribution in [-0.4, -0.2) is 23.3 Å². The Kier molecular flexibility index (Phi) is 4.14. The first kappa shape index (κ1) is 13.4. The summed E-state index contributed by atoms with van der Waals surface area (Å²) < 4.78 is 0. The summed E-state index contributed by atoms with van der Waals surface area (Å²) in [5, 5.41) is 13.0. The smallest absolute Gasteiger partial charge is 0.0570 e. The van der Waals surface area contributed by atoms with Crippen LogP contribution in [0.2, 0.25) is 0 Å². The molecule has 2 heteroatoms. The summed E-state index contributed by atoms with van der Waals surface area (Å²) in [5.74, 6) is 0.890. The molecule has 0 aromatic heterocycles. The fourth-order valence-corrected chi connectivity index (χ4v) is 3.39. The van der Waals surface area contributed by atoms with Crippen LogP contribution in [0.3, 0.4) is 0 Å². The van der Waals surface area contributed by atoms with Gasteiger partial charge in [0.2, 0.25) is 0 Å². The Morgan fingerprint density at radius 3 is 2.24 bits per heavy atom. The highest BCUT2D eigenvalue weighted by atomic mass is 16.3. The predicted octanol–water partition coefficient (Wildman–Crippen LogP) is 3.09. The van der Waals surface area contributed by atoms with E-state index >= 15 is 0 Å². The summed E-state index contributed by atoms with van der Waals surface area (Å²) in [6.07, 6.45) is 8.72. The van der Waals surface area contributed by atoms with Crippen LogP contribution in [0.15, 0.2) is 0 Å². The Morgan fingerprint density at radius 1 is 0.941 bits per heavy atom. The Hall–Kier alpha value is -0.0800. The molecule has 2 atom stereocenters. The maximum Gasteiger partial charge on any atom is 0.0570 e. The molecular weight excluding hydrogens is 210 g/mol. The fourth-order valence-electron chi connectivity index (χ4n) is 3.39. The molecule has 0 heterocycles. The highest BCUT2D eigenvalue weighted by Crippen LogP contribution is 2.37. The number of nitrogens with one attached hydrogen (secondary N) is 1. The van der Waals surface area contributed by atoms with E-state index in [4.69, 9.17) is 0 Å². The molecule has 2 aliphatic rings. The number of hydrogen-bond acceptors (Lipinski definition) is 2. The summed E-state index contributed by atoms with van der Waals surface area (Å²) in [4.78, 5) is 0. The van der Waals surface area contributed by atoms with Crippen molar-refractivity contribution in [1.82, 2.24) is 5.32 Å². The van der Waals surface area contributed by atoms with Crippen molar-refractivity contribution in [3.05, 3.63) is 0 Å². The SMILES string of the molecule is CC(C)(C)C1CCCC(NC2CC(O)C2)CC1. The van der Waals surface area contributed by atoms with Crippen LogP contribution in [0, 0.1) is 11.3 Å². The molecule has 0 bridgehead atoms. The Bertz CT molecular complexity index is 240. The van der Waals surface area contributed by atoms with E-state index in [9.17, 15) is 5.11 Å². The third-order valence-electron chi connectivity index (χ3n) is 4.78. The molecule has 2 aliphatic carbocycles. The van der Waals surface area contributed by atoms with Crippen molar-refractivity contribution in [2.75, 3.05) is 0 Å². The molecule has 0 aromatic rings. The van der Waals surface area contributed by atoms with Crippen molar-refractivity contribution in [2.45, 2.75) is 83.9 Å². The van der Waals surface area contributed by atoms with Gasteiger partial charge in [0, 0.05) is 12.1 Å². The zero-order chi connectivity index (χ0) is 12.5. The van der Waals surface area contributed by atoms with Crippen molar-refractivity contribution in [3.8, 4) is 0 Å². The molecule has 0 amide bonds. The number of rotatable bonds is 2. The summed E-state index contributed by atoms with van der Waals surface area (Å²) in [6.45, 7) is 7.15. The minimum atomic E-state index is -0.0272.